The number of benzene rings is 1. The monoisotopic (exact) mass is 317 g/mol. The maximum absolute atomic E-state index is 11.8. The number of ether oxygens (including phenoxy) is 1. The molecule has 23 heavy (non-hydrogen) atoms. The first-order valence-electron chi connectivity index (χ1n) is 8.55. The number of likely N-dealkylation sites (tertiary alicyclic amines) is 1. The van der Waals surface area contributed by atoms with Crippen LogP contribution in [-0.2, 0) is 4.79 Å². The van der Waals surface area contributed by atoms with Crippen molar-refractivity contribution in [3.8, 4) is 5.75 Å². The predicted molar refractivity (Wildman–Crippen MR) is 92.9 cm³/mol. The zero-order valence-electron chi connectivity index (χ0n) is 14.0. The van der Waals surface area contributed by atoms with Crippen LogP contribution in [0.4, 0.5) is 0 Å². The van der Waals surface area contributed by atoms with E-state index in [2.05, 4.69) is 22.4 Å². The van der Waals surface area contributed by atoms with Crippen molar-refractivity contribution in [2.45, 2.75) is 39.0 Å². The lowest BCUT2D eigenvalue weighted by atomic mass is 10.1. The number of amides is 1. The molecule has 0 radical (unpaired) electrons. The number of hydrogen-bond donors (Lipinski definition) is 1. The average molecular weight is 317 g/mol. The minimum absolute atomic E-state index is 0.0531. The molecule has 1 amide bonds. The van der Waals surface area contributed by atoms with Crippen LogP contribution in [0.2, 0.25) is 0 Å². The number of carbonyl (C=O) groups excluding carboxylic acids is 1. The number of rotatable bonds is 8. The zero-order valence-corrected chi connectivity index (χ0v) is 14.0. The van der Waals surface area contributed by atoms with Crippen molar-refractivity contribution in [1.82, 2.24) is 10.3 Å². The summed E-state index contributed by atoms with van der Waals surface area (Å²) >= 11 is 0. The normalized spacial score (nSPS) is 15.7. The first-order chi connectivity index (χ1) is 11.3. The second kappa shape index (κ2) is 10.0. The Morgan fingerprint density at radius 2 is 2.00 bits per heavy atom. The van der Waals surface area contributed by atoms with Crippen LogP contribution < -0.4 is 10.2 Å². The number of hydrazone groups is 1. The van der Waals surface area contributed by atoms with E-state index in [4.69, 9.17) is 4.74 Å². The summed E-state index contributed by atoms with van der Waals surface area (Å²) < 4.78 is 5.61. The second-order valence-corrected chi connectivity index (χ2v) is 5.90. The molecule has 1 N–H and O–H groups in total. The molecule has 5 heteroatoms. The molecular weight excluding hydrogens is 290 g/mol. The molecule has 0 unspecified atom stereocenters. The van der Waals surface area contributed by atoms with Crippen molar-refractivity contribution in [2.24, 2.45) is 5.10 Å². The van der Waals surface area contributed by atoms with Crippen molar-refractivity contribution >= 4 is 12.1 Å². The molecule has 0 aromatic heterocycles. The Balaban J connectivity index is 1.70. The summed E-state index contributed by atoms with van der Waals surface area (Å²) in [6, 6.07) is 7.71. The third kappa shape index (κ3) is 6.82. The summed E-state index contributed by atoms with van der Waals surface area (Å²) in [6.45, 7) is 5.34. The molecule has 1 aliphatic rings. The van der Waals surface area contributed by atoms with E-state index in [0.29, 0.717) is 6.54 Å². The Morgan fingerprint density at radius 1 is 1.26 bits per heavy atom. The number of piperidine rings is 1. The molecule has 1 saturated heterocycles. The summed E-state index contributed by atoms with van der Waals surface area (Å²) in [5.74, 6) is 0.812. The summed E-state index contributed by atoms with van der Waals surface area (Å²) in [4.78, 5) is 14.0. The summed E-state index contributed by atoms with van der Waals surface area (Å²) in [5.41, 5.74) is 3.53. The first-order valence-corrected chi connectivity index (χ1v) is 8.55. The minimum Gasteiger partial charge on any atom is -0.494 e. The van der Waals surface area contributed by atoms with E-state index in [0.717, 1.165) is 43.9 Å². The van der Waals surface area contributed by atoms with E-state index in [-0.39, 0.29) is 5.91 Å². The van der Waals surface area contributed by atoms with Gasteiger partial charge in [0.15, 0.2) is 0 Å². The lowest BCUT2D eigenvalue weighted by molar-refractivity contribution is -0.122. The van der Waals surface area contributed by atoms with Crippen molar-refractivity contribution in [2.75, 3.05) is 26.2 Å². The lowest BCUT2D eigenvalue weighted by Gasteiger charge is -2.25. The number of hydrogen-bond acceptors (Lipinski definition) is 4. The van der Waals surface area contributed by atoms with Crippen LogP contribution in [-0.4, -0.2) is 43.3 Å². The van der Waals surface area contributed by atoms with Gasteiger partial charge in [0.1, 0.15) is 5.75 Å². The third-order valence-corrected chi connectivity index (χ3v) is 3.87. The highest BCUT2D eigenvalue weighted by Crippen LogP contribution is 2.11. The van der Waals surface area contributed by atoms with Gasteiger partial charge in [-0.25, -0.2) is 5.43 Å². The summed E-state index contributed by atoms with van der Waals surface area (Å²) in [5, 5.41) is 4.02. The number of nitrogens with one attached hydrogen (secondary N) is 1. The maximum Gasteiger partial charge on any atom is 0.254 e. The molecule has 0 aliphatic carbocycles. The number of unbranched alkanes of at least 4 members (excludes halogenated alkanes) is 1. The van der Waals surface area contributed by atoms with E-state index in [1.165, 1.54) is 19.3 Å². The molecule has 0 atom stereocenters. The Morgan fingerprint density at radius 3 is 2.70 bits per heavy atom. The molecule has 0 saturated carbocycles. The molecule has 0 spiro atoms. The summed E-state index contributed by atoms with van der Waals surface area (Å²) in [6.07, 6.45) is 7.49. The Hall–Kier alpha value is -1.88. The molecule has 1 fully saturated rings. The van der Waals surface area contributed by atoms with Gasteiger partial charge >= 0.3 is 0 Å². The quantitative estimate of drug-likeness (QED) is 0.456. The van der Waals surface area contributed by atoms with Crippen LogP contribution in [0, 0.1) is 0 Å². The van der Waals surface area contributed by atoms with Crippen LogP contribution in [0.25, 0.3) is 0 Å². The van der Waals surface area contributed by atoms with Crippen molar-refractivity contribution in [3.63, 3.8) is 0 Å². The second-order valence-electron chi connectivity index (χ2n) is 5.90. The van der Waals surface area contributed by atoms with E-state index in [9.17, 15) is 4.79 Å². The van der Waals surface area contributed by atoms with Gasteiger partial charge in [-0.1, -0.05) is 19.8 Å². The zero-order chi connectivity index (χ0) is 16.3. The van der Waals surface area contributed by atoms with Crippen LogP contribution in [0.3, 0.4) is 0 Å². The van der Waals surface area contributed by atoms with Crippen molar-refractivity contribution in [3.05, 3.63) is 29.8 Å². The highest BCUT2D eigenvalue weighted by Gasteiger charge is 2.12. The van der Waals surface area contributed by atoms with Gasteiger partial charge in [-0.15, -0.1) is 0 Å². The van der Waals surface area contributed by atoms with Gasteiger partial charge in [-0.3, -0.25) is 9.69 Å². The summed E-state index contributed by atoms with van der Waals surface area (Å²) in [7, 11) is 0. The Labute approximate surface area is 138 Å². The van der Waals surface area contributed by atoms with E-state index in [1.54, 1.807) is 6.21 Å². The molecule has 126 valence electrons. The smallest absolute Gasteiger partial charge is 0.254 e. The van der Waals surface area contributed by atoms with Gasteiger partial charge in [0, 0.05) is 0 Å². The highest BCUT2D eigenvalue weighted by molar-refractivity contribution is 5.83. The van der Waals surface area contributed by atoms with Crippen LogP contribution in [0.15, 0.2) is 29.4 Å². The first kappa shape index (κ1) is 17.5. The fraction of sp³-hybridized carbons (Fsp3) is 0.556. The molecule has 2 rings (SSSR count). The van der Waals surface area contributed by atoms with E-state index in [1.807, 2.05) is 24.3 Å². The third-order valence-electron chi connectivity index (χ3n) is 3.87. The van der Waals surface area contributed by atoms with Gasteiger partial charge in [0.25, 0.3) is 5.91 Å². The van der Waals surface area contributed by atoms with E-state index < -0.39 is 0 Å². The molecule has 5 nitrogen and oxygen atoms in total. The fourth-order valence-electron chi connectivity index (χ4n) is 2.52. The Bertz CT molecular complexity index is 493. The highest BCUT2D eigenvalue weighted by atomic mass is 16.5. The molecular formula is C18H27N3O2. The van der Waals surface area contributed by atoms with Crippen LogP contribution >= 0.6 is 0 Å². The van der Waals surface area contributed by atoms with Crippen LogP contribution in [0.5, 0.6) is 5.75 Å². The Kier molecular flexibility index (Phi) is 7.60. The lowest BCUT2D eigenvalue weighted by Crippen LogP contribution is -2.38. The fourth-order valence-corrected chi connectivity index (χ4v) is 2.52. The van der Waals surface area contributed by atoms with Gasteiger partial charge in [-0.2, -0.15) is 5.10 Å². The number of carbonyl (C=O) groups is 1. The van der Waals surface area contributed by atoms with Gasteiger partial charge in [0.2, 0.25) is 0 Å². The molecule has 0 bridgehead atoms. The average Bonchev–Trinajstić information content (AvgIpc) is 2.57. The van der Waals surface area contributed by atoms with E-state index >= 15 is 0 Å². The van der Waals surface area contributed by atoms with Gasteiger partial charge < -0.3 is 4.74 Å². The van der Waals surface area contributed by atoms with Gasteiger partial charge in [0.05, 0.1) is 19.4 Å². The minimum atomic E-state index is -0.0531. The van der Waals surface area contributed by atoms with Crippen molar-refractivity contribution < 1.29 is 9.53 Å². The van der Waals surface area contributed by atoms with Crippen LogP contribution in [0.1, 0.15) is 44.6 Å². The molecule has 1 aromatic carbocycles. The van der Waals surface area contributed by atoms with Gasteiger partial charge in [-0.05, 0) is 62.2 Å². The molecule has 1 heterocycles. The van der Waals surface area contributed by atoms with Crippen molar-refractivity contribution in [1.29, 1.82) is 0 Å². The SMILES string of the molecule is CCCCOc1ccc(/C=N/NC(=O)CN2CCCCC2)cc1. The maximum atomic E-state index is 11.8. The predicted octanol–water partition coefficient (Wildman–Crippen LogP) is 2.80. The topological polar surface area (TPSA) is 53.9 Å². The standard InChI is InChI=1S/C18H27N3O2/c1-2-3-13-23-17-9-7-16(8-10-17)14-19-20-18(22)15-21-11-5-4-6-12-21/h7-10,14H,2-6,11-13,15H2,1H3,(H,20,22)/b19-14+. The largest absolute Gasteiger partial charge is 0.494 e. The number of nitrogens with zero attached hydrogens (tertiary/aromatic N) is 2. The molecule has 1 aromatic rings. The molecule has 1 aliphatic heterocycles.